The number of rotatable bonds is 7. The molecule has 3 aromatic heterocycles. The molecule has 6 atom stereocenters. The number of aromatic nitrogens is 6. The van der Waals surface area contributed by atoms with Gasteiger partial charge in [0, 0.05) is 71.1 Å². The number of halogens is 8. The van der Waals surface area contributed by atoms with E-state index in [-0.39, 0.29) is 65.1 Å². The highest BCUT2D eigenvalue weighted by Crippen LogP contribution is 2.45. The van der Waals surface area contributed by atoms with Crippen LogP contribution in [0.25, 0.3) is 33.8 Å². The number of nitrogens with one attached hydrogen (secondary N) is 2. The number of carbonyl (C=O) groups is 1. The quantitative estimate of drug-likeness (QED) is 0.0813. The minimum Gasteiger partial charge on any atom is -0.390 e. The Bertz CT molecular complexity index is 3430. The standard InChI is InChI=1S/C21H26Cl2N4O2.C13H9Cl3N2O.C13H11Cl3N2.2C9H18N2O/c1-12-18(14-4-3-5-15(22)17(14)23)26-16(10-28)20(25-12)27-8-6-21(7-9-27)11-29-13(2)19(21)24;1-6-11(8-4-3-5-9(14)10(8)15)18-12(7(2)19)13(16)17-6;1-3-10-13(16)17-7(2)12(18-10)8-5-4-6-9(14)11(8)15;2*1-7-8(10)9(6-12-7)2-4-11-5-3-9/h3-5,13,19,28H,6-11,24H2,1-2H3;3-5H,1-2H3;4-6H,3H2,1-2H3;2*7-8,11H,2-6,10H2,1H3/t13-,19+;;;2*7-,8+/m1..11/s1. The van der Waals surface area contributed by atoms with E-state index in [4.69, 9.17) is 134 Å². The first kappa shape index (κ1) is 72.2. The van der Waals surface area contributed by atoms with Crippen molar-refractivity contribution in [1.82, 2.24) is 40.5 Å². The predicted molar refractivity (Wildman–Crippen MR) is 365 cm³/mol. The number of anilines is 1. The molecule has 3 aromatic carbocycles. The lowest BCUT2D eigenvalue weighted by Gasteiger charge is -2.42. The van der Waals surface area contributed by atoms with Crippen LogP contribution in [0.4, 0.5) is 5.82 Å². The number of ketones is 1. The number of Topliss-reactive ketones (excluding diaryl/α,β-unsaturated/α-hetero) is 1. The smallest absolute Gasteiger partial charge is 0.181 e. The Kier molecular flexibility index (Phi) is 25.4. The molecule has 6 aliphatic heterocycles. The lowest BCUT2D eigenvalue weighted by molar-refractivity contribution is 0.0951. The summed E-state index contributed by atoms with van der Waals surface area (Å²) in [6, 6.07) is 16.6. The summed E-state index contributed by atoms with van der Waals surface area (Å²) in [5.41, 5.74) is 26.8. The van der Waals surface area contributed by atoms with E-state index in [2.05, 4.69) is 49.3 Å². The second kappa shape index (κ2) is 31.7. The Labute approximate surface area is 568 Å². The van der Waals surface area contributed by atoms with E-state index >= 15 is 0 Å². The van der Waals surface area contributed by atoms with Crippen molar-refractivity contribution < 1.29 is 24.1 Å². The summed E-state index contributed by atoms with van der Waals surface area (Å²) >= 11 is 48.8. The Morgan fingerprint density at radius 1 is 0.544 bits per heavy atom. The van der Waals surface area contributed by atoms with E-state index in [1.807, 2.05) is 52.0 Å². The molecule has 0 bridgehead atoms. The molecule has 0 aliphatic carbocycles. The van der Waals surface area contributed by atoms with Gasteiger partial charge in [0.25, 0.3) is 0 Å². The molecule has 0 unspecified atom stereocenters. The SMILES string of the molecule is CC(=O)c1nc(-c2cccc(Cl)c2Cl)c(C)nc1Cl.CCc1nc(-c2cccc(Cl)c2Cl)c(C)nc1Cl.C[C@H]1OCC2(CCNCC2)[C@H]1N.C[C@H]1OCC2(CCNCC2)[C@H]1N.Cc1nc(N2CCC3(CC2)CO[C@H](C)[C@@H]3N)c(CO)nc1-c1cccc(Cl)c1Cl. The van der Waals surface area contributed by atoms with Crippen LogP contribution in [0.1, 0.15) is 112 Å². The molecular weight excluding hydrogens is 1310 g/mol. The highest BCUT2D eigenvalue weighted by atomic mass is 35.5. The number of hydrogen-bond donors (Lipinski definition) is 6. The van der Waals surface area contributed by atoms with Crippen molar-refractivity contribution >= 4 is 104 Å². The first-order chi connectivity index (χ1) is 42.8. The molecule has 90 heavy (non-hydrogen) atoms. The van der Waals surface area contributed by atoms with E-state index in [9.17, 15) is 9.90 Å². The molecule has 6 fully saturated rings. The van der Waals surface area contributed by atoms with Crippen molar-refractivity contribution in [2.24, 2.45) is 33.4 Å². The Morgan fingerprint density at radius 3 is 1.26 bits per heavy atom. The highest BCUT2D eigenvalue weighted by Gasteiger charge is 2.49. The van der Waals surface area contributed by atoms with Crippen molar-refractivity contribution in [2.75, 3.05) is 64.0 Å². The van der Waals surface area contributed by atoms with Crippen LogP contribution in [0.15, 0.2) is 54.6 Å². The van der Waals surface area contributed by atoms with E-state index in [0.29, 0.717) is 86.6 Å². The van der Waals surface area contributed by atoms with E-state index in [1.165, 1.54) is 32.6 Å². The average Bonchev–Trinajstić information content (AvgIpc) is 1.18. The van der Waals surface area contributed by atoms with Gasteiger partial charge in [0.1, 0.15) is 11.4 Å². The van der Waals surface area contributed by atoms with Crippen LogP contribution in [-0.2, 0) is 27.2 Å². The summed E-state index contributed by atoms with van der Waals surface area (Å²) in [4.78, 5) is 40.4. The van der Waals surface area contributed by atoms with Crippen LogP contribution >= 0.6 is 92.8 Å². The Morgan fingerprint density at radius 2 is 0.900 bits per heavy atom. The minimum atomic E-state index is -0.253. The topological polar surface area (TPSA) is 248 Å². The van der Waals surface area contributed by atoms with Crippen LogP contribution < -0.4 is 32.7 Å². The van der Waals surface area contributed by atoms with Crippen molar-refractivity contribution in [3.05, 3.63) is 129 Å². The van der Waals surface area contributed by atoms with Gasteiger partial charge in [-0.15, -0.1) is 0 Å². The maximum atomic E-state index is 11.5. The van der Waals surface area contributed by atoms with Crippen LogP contribution in [-0.4, -0.2) is 136 Å². The summed E-state index contributed by atoms with van der Waals surface area (Å²) in [5.74, 6) is 0.471. The van der Waals surface area contributed by atoms with Gasteiger partial charge < -0.3 is 52.1 Å². The number of ether oxygens (including phenoxy) is 3. The second-order valence-corrected chi connectivity index (χ2v) is 27.3. The van der Waals surface area contributed by atoms with Crippen molar-refractivity contribution in [2.45, 2.75) is 143 Å². The minimum absolute atomic E-state index is 0.0338. The number of hydrogen-bond acceptors (Lipinski definition) is 17. The van der Waals surface area contributed by atoms with E-state index in [1.54, 1.807) is 37.3 Å². The zero-order valence-electron chi connectivity index (χ0n) is 52.1. The molecule has 25 heteroatoms. The third kappa shape index (κ3) is 16.2. The summed E-state index contributed by atoms with van der Waals surface area (Å²) in [6.07, 6.45) is 7.91. The van der Waals surface area contributed by atoms with Crippen molar-refractivity contribution in [1.29, 1.82) is 0 Å². The monoisotopic (exact) mass is 1390 g/mol. The maximum absolute atomic E-state index is 11.5. The van der Waals surface area contributed by atoms with Crippen LogP contribution in [0.2, 0.25) is 40.4 Å². The molecule has 6 saturated heterocycles. The summed E-state index contributed by atoms with van der Waals surface area (Å²) in [7, 11) is 0. The van der Waals surface area contributed by atoms with Crippen molar-refractivity contribution in [3.63, 3.8) is 0 Å². The molecule has 0 amide bonds. The molecule has 0 saturated carbocycles. The fraction of sp³-hybridized carbons (Fsp3) is 0.523. The number of nitrogens with zero attached hydrogens (tertiary/aromatic N) is 7. The molecule has 488 valence electrons. The average molecular weight is 1400 g/mol. The molecule has 6 aliphatic rings. The summed E-state index contributed by atoms with van der Waals surface area (Å²) in [6.45, 7) is 23.4. The van der Waals surface area contributed by atoms with Gasteiger partial charge >= 0.3 is 0 Å². The van der Waals surface area contributed by atoms with Crippen molar-refractivity contribution in [3.8, 4) is 33.8 Å². The molecule has 9 heterocycles. The maximum Gasteiger partial charge on any atom is 0.181 e. The van der Waals surface area contributed by atoms with Gasteiger partial charge in [-0.3, -0.25) is 4.79 Å². The number of carbonyl (C=O) groups excluding carboxylic acids is 1. The first-order valence-corrected chi connectivity index (χ1v) is 33.5. The Balaban J connectivity index is 0.000000151. The van der Waals surface area contributed by atoms with Gasteiger partial charge in [-0.1, -0.05) is 136 Å². The lowest BCUT2D eigenvalue weighted by atomic mass is 9.73. The number of aliphatic hydroxyl groups excluding tert-OH is 1. The zero-order chi connectivity index (χ0) is 65.4. The zero-order valence-corrected chi connectivity index (χ0v) is 58.2. The Hall–Kier alpha value is -3.67. The van der Waals surface area contributed by atoms with E-state index < -0.39 is 0 Å². The molecule has 3 spiro atoms. The third-order valence-corrected chi connectivity index (χ3v) is 21.5. The lowest BCUT2D eigenvalue weighted by Crippen LogP contribution is -2.51. The summed E-state index contributed by atoms with van der Waals surface area (Å²) in [5, 5.41) is 19.9. The number of nitrogens with two attached hydrogens (primary N) is 3. The summed E-state index contributed by atoms with van der Waals surface area (Å²) < 4.78 is 17.0. The van der Waals surface area contributed by atoms with Gasteiger partial charge in [-0.25, -0.2) is 29.9 Å². The molecule has 6 aromatic rings. The van der Waals surface area contributed by atoms with Gasteiger partial charge in [0.2, 0.25) is 0 Å². The molecule has 17 nitrogen and oxygen atoms in total. The van der Waals surface area contributed by atoms with Gasteiger partial charge in [0.05, 0.1) is 115 Å². The van der Waals surface area contributed by atoms with Crippen LogP contribution in [0.3, 0.4) is 0 Å². The molecule has 9 N–H and O–H groups in total. The molecular formula is C65H82Cl8N12O5. The normalized spacial score (nSPS) is 22.8. The molecule has 12 rings (SSSR count). The fourth-order valence-electron chi connectivity index (χ4n) is 12.6. The van der Waals surface area contributed by atoms with Crippen LogP contribution in [0.5, 0.6) is 0 Å². The molecule has 0 radical (unpaired) electrons. The van der Waals surface area contributed by atoms with Crippen LogP contribution in [0, 0.1) is 37.0 Å². The third-order valence-electron chi connectivity index (χ3n) is 18.5. The predicted octanol–water partition coefficient (Wildman–Crippen LogP) is 13.4. The first-order valence-electron chi connectivity index (χ1n) is 30.5. The number of benzene rings is 3. The highest BCUT2D eigenvalue weighted by molar-refractivity contribution is 6.45. The van der Waals surface area contributed by atoms with Gasteiger partial charge in [-0.2, -0.15) is 0 Å². The fourth-order valence-corrected chi connectivity index (χ4v) is 14.4. The van der Waals surface area contributed by atoms with Gasteiger partial charge in [-0.05, 0) is 131 Å². The van der Waals surface area contributed by atoms with Gasteiger partial charge in [0.15, 0.2) is 21.9 Å². The largest absolute Gasteiger partial charge is 0.390 e. The number of piperidine rings is 3. The second-order valence-electron chi connectivity index (χ2n) is 24.2. The number of aliphatic hydroxyl groups is 1. The number of aryl methyl sites for hydroxylation is 4. The van der Waals surface area contributed by atoms with E-state index in [0.717, 1.165) is 106 Å².